The number of carbonyl (C=O) groups is 1. The first-order valence-corrected chi connectivity index (χ1v) is 6.26. The lowest BCUT2D eigenvalue weighted by molar-refractivity contribution is -0.187. The molecule has 5 heteroatoms. The maximum atomic E-state index is 11.4. The highest BCUT2D eigenvalue weighted by Crippen LogP contribution is 2.43. The normalized spacial score (nSPS) is 30.6. The Labute approximate surface area is 102 Å². The average molecular weight is 242 g/mol. The lowest BCUT2D eigenvalue weighted by Crippen LogP contribution is -2.65. The van der Waals surface area contributed by atoms with Crippen LogP contribution in [0, 0.1) is 11.3 Å². The lowest BCUT2D eigenvalue weighted by Gasteiger charge is -2.52. The summed E-state index contributed by atoms with van der Waals surface area (Å²) in [5, 5.41) is 12.3. The van der Waals surface area contributed by atoms with Crippen molar-refractivity contribution < 1.29 is 14.6 Å². The number of carboxylic acid groups (broad SMARTS) is 1. The van der Waals surface area contributed by atoms with Crippen LogP contribution in [0.1, 0.15) is 12.8 Å². The van der Waals surface area contributed by atoms with Gasteiger partial charge in [-0.2, -0.15) is 0 Å². The van der Waals surface area contributed by atoms with Gasteiger partial charge < -0.3 is 20.1 Å². The number of nitrogens with one attached hydrogen (secondary N) is 1. The van der Waals surface area contributed by atoms with Crippen LogP contribution in [0.5, 0.6) is 0 Å². The molecule has 0 aromatic rings. The summed E-state index contributed by atoms with van der Waals surface area (Å²) in [6.07, 6.45) is 2.26. The quantitative estimate of drug-likeness (QED) is 0.727. The minimum atomic E-state index is -0.760. The fraction of sp³-hybridized carbons (Fsp3) is 0.917. The highest BCUT2D eigenvalue weighted by Gasteiger charge is 2.54. The minimum Gasteiger partial charge on any atom is -0.480 e. The molecule has 0 amide bonds. The summed E-state index contributed by atoms with van der Waals surface area (Å²) in [5.74, 6) is -0.340. The Kier molecular flexibility index (Phi) is 3.70. The first kappa shape index (κ1) is 12.8. The zero-order chi connectivity index (χ0) is 12.5. The molecular formula is C12H22N2O3. The Morgan fingerprint density at radius 3 is 2.71 bits per heavy atom. The van der Waals surface area contributed by atoms with E-state index >= 15 is 0 Å². The van der Waals surface area contributed by atoms with Crippen LogP contribution in [0.15, 0.2) is 0 Å². The van der Waals surface area contributed by atoms with Gasteiger partial charge in [0.15, 0.2) is 0 Å². The summed E-state index contributed by atoms with van der Waals surface area (Å²) < 4.78 is 5.34. The van der Waals surface area contributed by atoms with E-state index in [0.29, 0.717) is 19.1 Å². The second-order valence-electron chi connectivity index (χ2n) is 5.39. The SMILES string of the molecule is CNC(C(=O)O)C1(C2CCCN(C)C2)COC1. The van der Waals surface area contributed by atoms with Crippen molar-refractivity contribution in [1.82, 2.24) is 10.2 Å². The first-order valence-electron chi connectivity index (χ1n) is 6.26. The van der Waals surface area contributed by atoms with Crippen molar-refractivity contribution in [3.63, 3.8) is 0 Å². The number of piperidine rings is 1. The molecule has 0 aromatic carbocycles. The molecule has 2 rings (SSSR count). The van der Waals surface area contributed by atoms with Gasteiger partial charge in [-0.25, -0.2) is 0 Å². The number of likely N-dealkylation sites (N-methyl/N-ethyl adjacent to an activating group) is 1. The van der Waals surface area contributed by atoms with Crippen molar-refractivity contribution >= 4 is 5.97 Å². The van der Waals surface area contributed by atoms with Gasteiger partial charge in [-0.1, -0.05) is 0 Å². The Morgan fingerprint density at radius 2 is 2.29 bits per heavy atom. The van der Waals surface area contributed by atoms with Crippen LogP contribution < -0.4 is 5.32 Å². The van der Waals surface area contributed by atoms with E-state index in [1.165, 1.54) is 0 Å². The molecule has 2 atom stereocenters. The molecule has 0 saturated carbocycles. The summed E-state index contributed by atoms with van der Waals surface area (Å²) in [5.41, 5.74) is -0.213. The van der Waals surface area contributed by atoms with E-state index in [1.54, 1.807) is 7.05 Å². The third-order valence-corrected chi connectivity index (χ3v) is 4.29. The predicted molar refractivity (Wildman–Crippen MR) is 64.0 cm³/mol. The van der Waals surface area contributed by atoms with Gasteiger partial charge in [-0.3, -0.25) is 4.79 Å². The van der Waals surface area contributed by atoms with Crippen molar-refractivity contribution in [3.8, 4) is 0 Å². The predicted octanol–water partition coefficient (Wildman–Crippen LogP) is 0.0174. The topological polar surface area (TPSA) is 61.8 Å². The molecule has 2 aliphatic heterocycles. The Hall–Kier alpha value is -0.650. The molecule has 98 valence electrons. The van der Waals surface area contributed by atoms with Crippen molar-refractivity contribution in [2.75, 3.05) is 40.4 Å². The molecule has 0 aromatic heterocycles. The van der Waals surface area contributed by atoms with Crippen LogP contribution in [0.4, 0.5) is 0 Å². The molecule has 2 heterocycles. The smallest absolute Gasteiger partial charge is 0.321 e. The third kappa shape index (κ3) is 2.19. The van der Waals surface area contributed by atoms with Gasteiger partial charge in [0.2, 0.25) is 0 Å². The van der Waals surface area contributed by atoms with Crippen LogP contribution in [0.25, 0.3) is 0 Å². The molecular weight excluding hydrogens is 220 g/mol. The number of likely N-dealkylation sites (tertiary alicyclic amines) is 1. The third-order valence-electron chi connectivity index (χ3n) is 4.29. The molecule has 2 N–H and O–H groups in total. The maximum Gasteiger partial charge on any atom is 0.321 e. The van der Waals surface area contributed by atoms with Gasteiger partial charge in [-0.15, -0.1) is 0 Å². The molecule has 2 fully saturated rings. The van der Waals surface area contributed by atoms with E-state index in [2.05, 4.69) is 17.3 Å². The molecule has 2 unspecified atom stereocenters. The van der Waals surface area contributed by atoms with Gasteiger partial charge in [0.05, 0.1) is 13.2 Å². The fourth-order valence-corrected chi connectivity index (χ4v) is 3.27. The number of rotatable bonds is 4. The van der Waals surface area contributed by atoms with E-state index in [9.17, 15) is 9.90 Å². The molecule has 2 saturated heterocycles. The van der Waals surface area contributed by atoms with Gasteiger partial charge in [0, 0.05) is 12.0 Å². The summed E-state index contributed by atoms with van der Waals surface area (Å²) in [7, 11) is 3.83. The zero-order valence-corrected chi connectivity index (χ0v) is 10.6. The highest BCUT2D eigenvalue weighted by molar-refractivity contribution is 5.75. The number of hydrogen-bond acceptors (Lipinski definition) is 4. The van der Waals surface area contributed by atoms with Gasteiger partial charge in [0.1, 0.15) is 6.04 Å². The number of aliphatic carboxylic acids is 1. The molecule has 0 aliphatic carbocycles. The van der Waals surface area contributed by atoms with Crippen LogP contribution in [0.3, 0.4) is 0 Å². The second kappa shape index (κ2) is 4.92. The van der Waals surface area contributed by atoms with Crippen molar-refractivity contribution in [1.29, 1.82) is 0 Å². The highest BCUT2D eigenvalue weighted by atomic mass is 16.5. The number of carboxylic acids is 1. The second-order valence-corrected chi connectivity index (χ2v) is 5.39. The summed E-state index contributed by atoms with van der Waals surface area (Å²) in [6, 6.07) is -0.493. The van der Waals surface area contributed by atoms with Crippen molar-refractivity contribution in [3.05, 3.63) is 0 Å². The Bertz CT molecular complexity index is 291. The summed E-state index contributed by atoms with van der Waals surface area (Å²) >= 11 is 0. The maximum absolute atomic E-state index is 11.4. The Morgan fingerprint density at radius 1 is 1.59 bits per heavy atom. The van der Waals surface area contributed by atoms with E-state index in [-0.39, 0.29) is 5.41 Å². The Balaban J connectivity index is 2.15. The van der Waals surface area contributed by atoms with Gasteiger partial charge in [0.25, 0.3) is 0 Å². The molecule has 0 bridgehead atoms. The monoisotopic (exact) mass is 242 g/mol. The van der Waals surface area contributed by atoms with E-state index in [1.807, 2.05) is 0 Å². The van der Waals surface area contributed by atoms with Crippen LogP contribution in [0.2, 0.25) is 0 Å². The first-order chi connectivity index (χ1) is 8.10. The summed E-state index contributed by atoms with van der Waals surface area (Å²) in [4.78, 5) is 13.7. The molecule has 17 heavy (non-hydrogen) atoms. The van der Waals surface area contributed by atoms with Crippen molar-refractivity contribution in [2.45, 2.75) is 18.9 Å². The molecule has 0 radical (unpaired) electrons. The fourth-order valence-electron chi connectivity index (χ4n) is 3.27. The van der Waals surface area contributed by atoms with Crippen molar-refractivity contribution in [2.24, 2.45) is 11.3 Å². The molecule has 2 aliphatic rings. The number of hydrogen-bond donors (Lipinski definition) is 2. The standard InChI is InChI=1S/C12H22N2O3/c1-13-10(11(15)16)12(7-17-8-12)9-4-3-5-14(2)6-9/h9-10,13H,3-8H2,1-2H3,(H,15,16). The van der Waals surface area contributed by atoms with E-state index < -0.39 is 12.0 Å². The van der Waals surface area contributed by atoms with E-state index in [0.717, 1.165) is 25.9 Å². The molecule has 5 nitrogen and oxygen atoms in total. The van der Waals surface area contributed by atoms with Gasteiger partial charge in [-0.05, 0) is 39.4 Å². The average Bonchev–Trinajstić information content (AvgIpc) is 2.22. The number of ether oxygens (including phenoxy) is 1. The zero-order valence-electron chi connectivity index (χ0n) is 10.6. The van der Waals surface area contributed by atoms with Crippen LogP contribution in [-0.2, 0) is 9.53 Å². The summed E-state index contributed by atoms with van der Waals surface area (Å²) in [6.45, 7) is 3.24. The number of nitrogens with zero attached hydrogens (tertiary/aromatic N) is 1. The minimum absolute atomic E-state index is 0.213. The van der Waals surface area contributed by atoms with Crippen LogP contribution in [-0.4, -0.2) is 62.4 Å². The largest absolute Gasteiger partial charge is 0.480 e. The van der Waals surface area contributed by atoms with Gasteiger partial charge >= 0.3 is 5.97 Å². The molecule has 0 spiro atoms. The lowest BCUT2D eigenvalue weighted by atomic mass is 9.65. The van der Waals surface area contributed by atoms with E-state index in [4.69, 9.17) is 4.74 Å². The van der Waals surface area contributed by atoms with Crippen LogP contribution >= 0.6 is 0 Å².